The van der Waals surface area contributed by atoms with Gasteiger partial charge >= 0.3 is 5.97 Å². The summed E-state index contributed by atoms with van der Waals surface area (Å²) in [6, 6.07) is 8.76. The number of benzene rings is 1. The predicted molar refractivity (Wildman–Crippen MR) is 57.6 cm³/mol. The lowest BCUT2D eigenvalue weighted by Crippen LogP contribution is -2.40. The van der Waals surface area contributed by atoms with Crippen LogP contribution in [-0.2, 0) is 4.79 Å². The molecule has 1 aromatic carbocycles. The minimum atomic E-state index is -1.37. The van der Waals surface area contributed by atoms with Crippen LogP contribution in [0.2, 0.25) is 0 Å². The molecule has 0 aliphatic carbocycles. The van der Waals surface area contributed by atoms with Crippen LogP contribution in [0.1, 0.15) is 26.7 Å². The summed E-state index contributed by atoms with van der Waals surface area (Å²) < 4.78 is 5.07. The molecule has 0 amide bonds. The third-order valence-electron chi connectivity index (χ3n) is 2.50. The smallest absolute Gasteiger partial charge is 0.343 e. The minimum Gasteiger partial charge on any atom is -0.424 e. The highest BCUT2D eigenvalue weighted by atomic mass is 16.6. The van der Waals surface area contributed by atoms with E-state index < -0.39 is 11.6 Å². The van der Waals surface area contributed by atoms with Gasteiger partial charge in [-0.3, -0.25) is 0 Å². The Morgan fingerprint density at radius 3 is 2.27 bits per heavy atom. The molecule has 15 heavy (non-hydrogen) atoms. The lowest BCUT2D eigenvalue weighted by atomic mass is 9.98. The first-order valence-corrected chi connectivity index (χ1v) is 5.12. The Morgan fingerprint density at radius 1 is 1.27 bits per heavy atom. The summed E-state index contributed by atoms with van der Waals surface area (Å²) in [6.07, 6.45) is 0.713. The van der Waals surface area contributed by atoms with Crippen molar-refractivity contribution in [3.8, 4) is 5.75 Å². The number of hydrogen-bond donors (Lipinski definition) is 1. The van der Waals surface area contributed by atoms with Gasteiger partial charge in [-0.15, -0.1) is 0 Å². The molecule has 0 unspecified atom stereocenters. The Kier molecular flexibility index (Phi) is 3.86. The van der Waals surface area contributed by atoms with E-state index in [1.165, 1.54) is 0 Å². The summed E-state index contributed by atoms with van der Waals surface area (Å²) in [5, 5.41) is 9.88. The van der Waals surface area contributed by atoms with Gasteiger partial charge in [0.15, 0.2) is 5.60 Å². The molecule has 0 bridgehead atoms. The molecule has 1 rings (SSSR count). The van der Waals surface area contributed by atoms with Gasteiger partial charge in [-0.2, -0.15) is 0 Å². The van der Waals surface area contributed by atoms with Crippen molar-refractivity contribution in [1.82, 2.24) is 0 Å². The Hall–Kier alpha value is -1.35. The summed E-state index contributed by atoms with van der Waals surface area (Å²) in [7, 11) is 0. The second kappa shape index (κ2) is 4.94. The molecule has 0 aromatic heterocycles. The van der Waals surface area contributed by atoms with Crippen LogP contribution in [0.25, 0.3) is 0 Å². The average molecular weight is 208 g/mol. The molecule has 0 saturated heterocycles. The standard InChI is InChI=1S/C12H16O3/c1-3-12(14,4-2)11(13)15-10-8-6-5-7-9-10/h5-9,14H,3-4H2,1-2H3. The van der Waals surface area contributed by atoms with Crippen LogP contribution in [-0.4, -0.2) is 16.7 Å². The number of aliphatic hydroxyl groups is 1. The number of carbonyl (C=O) groups is 1. The molecule has 82 valence electrons. The van der Waals surface area contributed by atoms with Gasteiger partial charge in [0.25, 0.3) is 0 Å². The molecule has 0 aliphatic heterocycles. The van der Waals surface area contributed by atoms with E-state index in [9.17, 15) is 9.90 Å². The summed E-state index contributed by atoms with van der Waals surface area (Å²) in [6.45, 7) is 3.52. The molecule has 3 nitrogen and oxygen atoms in total. The molecule has 0 fully saturated rings. The quantitative estimate of drug-likeness (QED) is 0.609. The Bertz CT molecular complexity index is 315. The van der Waals surface area contributed by atoms with Crippen molar-refractivity contribution in [3.63, 3.8) is 0 Å². The van der Waals surface area contributed by atoms with E-state index in [4.69, 9.17) is 4.74 Å². The number of rotatable bonds is 4. The number of esters is 1. The fourth-order valence-electron chi connectivity index (χ4n) is 1.23. The molecule has 0 heterocycles. The highest BCUT2D eigenvalue weighted by Crippen LogP contribution is 2.19. The van der Waals surface area contributed by atoms with Crippen LogP contribution < -0.4 is 4.74 Å². The van der Waals surface area contributed by atoms with E-state index in [0.717, 1.165) is 0 Å². The summed E-state index contributed by atoms with van der Waals surface area (Å²) >= 11 is 0. The zero-order chi connectivity index (χ0) is 11.3. The maximum absolute atomic E-state index is 11.6. The molecule has 0 saturated carbocycles. The fraction of sp³-hybridized carbons (Fsp3) is 0.417. The zero-order valence-corrected chi connectivity index (χ0v) is 9.06. The van der Waals surface area contributed by atoms with Crippen molar-refractivity contribution in [2.75, 3.05) is 0 Å². The van der Waals surface area contributed by atoms with Gasteiger partial charge in [-0.25, -0.2) is 4.79 Å². The monoisotopic (exact) mass is 208 g/mol. The van der Waals surface area contributed by atoms with Crippen LogP contribution >= 0.6 is 0 Å². The summed E-state index contributed by atoms with van der Waals surface area (Å²) in [5.41, 5.74) is -1.37. The van der Waals surface area contributed by atoms with E-state index in [1.54, 1.807) is 38.1 Å². The average Bonchev–Trinajstić information content (AvgIpc) is 2.29. The molecule has 0 atom stereocenters. The van der Waals surface area contributed by atoms with Crippen molar-refractivity contribution in [2.45, 2.75) is 32.3 Å². The molecular formula is C12H16O3. The van der Waals surface area contributed by atoms with E-state index >= 15 is 0 Å². The van der Waals surface area contributed by atoms with Gasteiger partial charge in [0, 0.05) is 0 Å². The zero-order valence-electron chi connectivity index (χ0n) is 9.06. The predicted octanol–water partition coefficient (Wildman–Crippen LogP) is 2.14. The van der Waals surface area contributed by atoms with Crippen LogP contribution in [0.4, 0.5) is 0 Å². The van der Waals surface area contributed by atoms with Gasteiger partial charge in [-0.05, 0) is 25.0 Å². The topological polar surface area (TPSA) is 46.5 Å². The summed E-state index contributed by atoms with van der Waals surface area (Å²) in [5.74, 6) is -0.124. The third-order valence-corrected chi connectivity index (χ3v) is 2.50. The number of carbonyl (C=O) groups excluding carboxylic acids is 1. The Morgan fingerprint density at radius 2 is 1.80 bits per heavy atom. The fourth-order valence-corrected chi connectivity index (χ4v) is 1.23. The highest BCUT2D eigenvalue weighted by Gasteiger charge is 2.33. The van der Waals surface area contributed by atoms with Crippen molar-refractivity contribution >= 4 is 5.97 Å². The van der Waals surface area contributed by atoms with E-state index in [2.05, 4.69) is 0 Å². The Labute approximate surface area is 89.7 Å². The van der Waals surface area contributed by atoms with Crippen molar-refractivity contribution in [1.29, 1.82) is 0 Å². The first-order valence-electron chi connectivity index (χ1n) is 5.12. The second-order valence-electron chi connectivity index (χ2n) is 3.44. The number of hydrogen-bond acceptors (Lipinski definition) is 3. The molecule has 1 aromatic rings. The Balaban J connectivity index is 2.71. The molecular weight excluding hydrogens is 192 g/mol. The lowest BCUT2D eigenvalue weighted by molar-refractivity contribution is -0.156. The molecule has 0 radical (unpaired) electrons. The number of para-hydroxylation sites is 1. The van der Waals surface area contributed by atoms with Crippen molar-refractivity contribution in [3.05, 3.63) is 30.3 Å². The van der Waals surface area contributed by atoms with Gasteiger partial charge < -0.3 is 9.84 Å². The maximum Gasteiger partial charge on any atom is 0.343 e. The highest BCUT2D eigenvalue weighted by molar-refractivity contribution is 5.81. The van der Waals surface area contributed by atoms with Crippen molar-refractivity contribution in [2.24, 2.45) is 0 Å². The normalized spacial score (nSPS) is 11.1. The molecule has 0 aliphatic rings. The second-order valence-corrected chi connectivity index (χ2v) is 3.44. The SMILES string of the molecule is CCC(O)(CC)C(=O)Oc1ccccc1. The van der Waals surface area contributed by atoms with Crippen LogP contribution in [0.3, 0.4) is 0 Å². The molecule has 0 spiro atoms. The van der Waals surface area contributed by atoms with Gasteiger partial charge in [0.05, 0.1) is 0 Å². The number of ether oxygens (including phenoxy) is 1. The lowest BCUT2D eigenvalue weighted by Gasteiger charge is -2.22. The van der Waals surface area contributed by atoms with Crippen LogP contribution in [0.5, 0.6) is 5.75 Å². The van der Waals surface area contributed by atoms with Gasteiger partial charge in [0.2, 0.25) is 0 Å². The largest absolute Gasteiger partial charge is 0.424 e. The van der Waals surface area contributed by atoms with E-state index in [-0.39, 0.29) is 0 Å². The van der Waals surface area contributed by atoms with Crippen molar-refractivity contribution < 1.29 is 14.6 Å². The first kappa shape index (κ1) is 11.7. The van der Waals surface area contributed by atoms with E-state index in [0.29, 0.717) is 18.6 Å². The molecule has 1 N–H and O–H groups in total. The van der Waals surface area contributed by atoms with Crippen LogP contribution in [0, 0.1) is 0 Å². The van der Waals surface area contributed by atoms with Crippen LogP contribution in [0.15, 0.2) is 30.3 Å². The molecule has 3 heteroatoms. The van der Waals surface area contributed by atoms with Gasteiger partial charge in [-0.1, -0.05) is 32.0 Å². The summed E-state index contributed by atoms with van der Waals surface area (Å²) in [4.78, 5) is 11.6. The van der Waals surface area contributed by atoms with Gasteiger partial charge in [0.1, 0.15) is 5.75 Å². The first-order chi connectivity index (χ1) is 7.12. The maximum atomic E-state index is 11.6. The minimum absolute atomic E-state index is 0.356. The third kappa shape index (κ3) is 2.80. The van der Waals surface area contributed by atoms with E-state index in [1.807, 2.05) is 6.07 Å².